The molecule has 0 fully saturated rings. The third-order valence-electron chi connectivity index (χ3n) is 5.02. The van der Waals surface area contributed by atoms with Gasteiger partial charge in [0.05, 0.1) is 23.1 Å². The molecule has 1 aliphatic rings. The molecule has 1 aromatic carbocycles. The van der Waals surface area contributed by atoms with Crippen LogP contribution in [0.4, 0.5) is 0 Å². The van der Waals surface area contributed by atoms with Gasteiger partial charge in [0.1, 0.15) is 11.3 Å². The lowest BCUT2D eigenvalue weighted by Crippen LogP contribution is -2.27. The highest BCUT2D eigenvalue weighted by Crippen LogP contribution is 2.41. The fourth-order valence-corrected chi connectivity index (χ4v) is 3.78. The van der Waals surface area contributed by atoms with Crippen molar-refractivity contribution in [2.24, 2.45) is 5.41 Å². The Labute approximate surface area is 181 Å². The first-order chi connectivity index (χ1) is 14.2. The molecule has 0 bridgehead atoms. The highest BCUT2D eigenvalue weighted by molar-refractivity contribution is 6.34. The third kappa shape index (κ3) is 4.13. The Morgan fingerprint density at radius 2 is 1.77 bits per heavy atom. The van der Waals surface area contributed by atoms with E-state index in [4.69, 9.17) is 21.1 Å². The summed E-state index contributed by atoms with van der Waals surface area (Å²) in [6.07, 6.45) is 2.78. The fourth-order valence-electron chi connectivity index (χ4n) is 3.47. The van der Waals surface area contributed by atoms with Crippen LogP contribution in [-0.2, 0) is 17.9 Å². The van der Waals surface area contributed by atoms with Gasteiger partial charge in [0, 0.05) is 18.7 Å². The number of aromatic nitrogens is 2. The van der Waals surface area contributed by atoms with E-state index in [0.29, 0.717) is 35.0 Å². The maximum absolute atomic E-state index is 13.5. The molecule has 0 atom stereocenters. The summed E-state index contributed by atoms with van der Waals surface area (Å²) < 4.78 is 14.8. The molecule has 1 aromatic heterocycles. The highest BCUT2D eigenvalue weighted by atomic mass is 35.5. The molecule has 30 heavy (non-hydrogen) atoms. The zero-order valence-electron chi connectivity index (χ0n) is 18.1. The Kier molecular flexibility index (Phi) is 6.33. The minimum absolute atomic E-state index is 0.219. The van der Waals surface area contributed by atoms with E-state index in [9.17, 15) is 9.59 Å². The van der Waals surface area contributed by atoms with Gasteiger partial charge in [-0.3, -0.25) is 14.3 Å². The topological polar surface area (TPSA) is 62.5 Å². The zero-order chi connectivity index (χ0) is 22.1. The van der Waals surface area contributed by atoms with Crippen molar-refractivity contribution in [1.82, 2.24) is 9.36 Å². The van der Waals surface area contributed by atoms with Crippen LogP contribution in [-0.4, -0.2) is 22.4 Å². The van der Waals surface area contributed by atoms with Crippen molar-refractivity contribution in [3.05, 3.63) is 33.1 Å². The molecule has 2 heterocycles. The number of halogens is 1. The minimum Gasteiger partial charge on any atom is -0.496 e. The van der Waals surface area contributed by atoms with Crippen LogP contribution in [0.15, 0.2) is 16.9 Å². The van der Waals surface area contributed by atoms with E-state index in [1.54, 1.807) is 49.2 Å². The Balaban J connectivity index is 2.31. The maximum Gasteiger partial charge on any atom is 0.317 e. The summed E-state index contributed by atoms with van der Waals surface area (Å²) in [4.78, 5) is 26.2. The zero-order valence-corrected chi connectivity index (χ0v) is 18.9. The molecule has 6 nitrogen and oxygen atoms in total. The summed E-state index contributed by atoms with van der Waals surface area (Å²) in [5, 5.41) is 0.318. The number of carbonyl (C=O) groups is 1. The average molecular weight is 431 g/mol. The lowest BCUT2D eigenvalue weighted by Gasteiger charge is -2.19. The van der Waals surface area contributed by atoms with E-state index in [0.717, 1.165) is 19.3 Å². The molecule has 3 rings (SSSR count). The standard InChI is InChI=1S/C23H27ClN2O4/c1-6-10-15-13-16(24)18(17(14-15)29-5)19-20(27)25-11-8-7-9-12-26(25)21(19)30-22(28)23(2,3)4/h13-14H,7-9,11-12H2,1-5H3. The van der Waals surface area contributed by atoms with Gasteiger partial charge in [0.15, 0.2) is 0 Å². The van der Waals surface area contributed by atoms with E-state index in [1.165, 1.54) is 7.11 Å². The summed E-state index contributed by atoms with van der Waals surface area (Å²) in [7, 11) is 1.51. The fraction of sp³-hybridized carbons (Fsp3) is 0.478. The molecular formula is C23H27ClN2O4. The number of ether oxygens (including phenoxy) is 2. The smallest absolute Gasteiger partial charge is 0.317 e. The van der Waals surface area contributed by atoms with Crippen LogP contribution in [0.2, 0.25) is 5.02 Å². The van der Waals surface area contributed by atoms with E-state index in [-0.39, 0.29) is 17.0 Å². The van der Waals surface area contributed by atoms with Gasteiger partial charge in [-0.1, -0.05) is 17.5 Å². The molecule has 0 unspecified atom stereocenters. The van der Waals surface area contributed by atoms with E-state index in [2.05, 4.69) is 11.8 Å². The summed E-state index contributed by atoms with van der Waals surface area (Å²) in [6.45, 7) is 8.20. The number of esters is 1. The molecule has 0 saturated heterocycles. The van der Waals surface area contributed by atoms with Crippen LogP contribution in [0, 0.1) is 17.3 Å². The second-order valence-electron chi connectivity index (χ2n) is 8.34. The molecule has 2 aromatic rings. The number of methoxy groups -OCH3 is 1. The van der Waals surface area contributed by atoms with Crippen molar-refractivity contribution in [3.8, 4) is 34.6 Å². The molecule has 0 radical (unpaired) electrons. The first-order valence-electron chi connectivity index (χ1n) is 10.1. The molecule has 0 aliphatic carbocycles. The van der Waals surface area contributed by atoms with Gasteiger partial charge in [-0.25, -0.2) is 4.68 Å². The van der Waals surface area contributed by atoms with E-state index in [1.807, 2.05) is 0 Å². The summed E-state index contributed by atoms with van der Waals surface area (Å²) >= 11 is 6.60. The van der Waals surface area contributed by atoms with Crippen LogP contribution in [0.25, 0.3) is 11.1 Å². The summed E-state index contributed by atoms with van der Waals surface area (Å²) in [5.41, 5.74) is 0.359. The highest BCUT2D eigenvalue weighted by Gasteiger charge is 2.32. The number of fused-ring (bicyclic) bond motifs is 1. The van der Waals surface area contributed by atoms with Gasteiger partial charge >= 0.3 is 5.97 Å². The van der Waals surface area contributed by atoms with Crippen molar-refractivity contribution in [1.29, 1.82) is 0 Å². The number of carbonyl (C=O) groups excluding carboxylic acids is 1. The summed E-state index contributed by atoms with van der Waals surface area (Å²) in [6, 6.07) is 3.43. The Hall–Kier alpha value is -2.65. The second-order valence-corrected chi connectivity index (χ2v) is 8.75. The predicted octanol–water partition coefficient (Wildman–Crippen LogP) is 4.49. The maximum atomic E-state index is 13.5. The molecular weight excluding hydrogens is 404 g/mol. The van der Waals surface area contributed by atoms with Gasteiger partial charge in [-0.15, -0.1) is 5.92 Å². The van der Waals surface area contributed by atoms with Crippen molar-refractivity contribution < 1.29 is 14.3 Å². The number of rotatable bonds is 3. The SMILES string of the molecule is CC#Cc1cc(Cl)c(-c2c(OC(=O)C(C)(C)C)n3n(c2=O)CCCCC3)c(OC)c1. The lowest BCUT2D eigenvalue weighted by atomic mass is 9.97. The Morgan fingerprint density at radius 3 is 2.37 bits per heavy atom. The monoisotopic (exact) mass is 430 g/mol. The van der Waals surface area contributed by atoms with Crippen molar-refractivity contribution in [2.75, 3.05) is 7.11 Å². The lowest BCUT2D eigenvalue weighted by molar-refractivity contribution is -0.143. The van der Waals surface area contributed by atoms with Crippen molar-refractivity contribution >= 4 is 17.6 Å². The van der Waals surface area contributed by atoms with Crippen molar-refractivity contribution in [3.63, 3.8) is 0 Å². The second kappa shape index (κ2) is 8.61. The molecule has 0 amide bonds. The van der Waals surface area contributed by atoms with Crippen LogP contribution < -0.4 is 15.0 Å². The number of hydrogen-bond acceptors (Lipinski definition) is 4. The predicted molar refractivity (Wildman–Crippen MR) is 117 cm³/mol. The van der Waals surface area contributed by atoms with Gasteiger partial charge in [0.2, 0.25) is 5.88 Å². The van der Waals surface area contributed by atoms with Crippen LogP contribution in [0.5, 0.6) is 11.6 Å². The van der Waals surface area contributed by atoms with Gasteiger partial charge in [-0.05, 0) is 59.1 Å². The minimum atomic E-state index is -0.727. The van der Waals surface area contributed by atoms with Gasteiger partial charge < -0.3 is 9.47 Å². The first kappa shape index (κ1) is 22.0. The Bertz CT molecular complexity index is 1090. The largest absolute Gasteiger partial charge is 0.496 e. The number of hydrogen-bond donors (Lipinski definition) is 0. The van der Waals surface area contributed by atoms with Crippen LogP contribution in [0.3, 0.4) is 0 Å². The van der Waals surface area contributed by atoms with E-state index >= 15 is 0 Å². The number of benzene rings is 1. The van der Waals surface area contributed by atoms with Crippen LogP contribution >= 0.6 is 11.6 Å². The third-order valence-corrected chi connectivity index (χ3v) is 5.32. The number of nitrogens with zero attached hydrogens (tertiary/aromatic N) is 2. The molecule has 1 aliphatic heterocycles. The quantitative estimate of drug-likeness (QED) is 0.531. The molecule has 7 heteroatoms. The van der Waals surface area contributed by atoms with E-state index < -0.39 is 11.4 Å². The van der Waals surface area contributed by atoms with Gasteiger partial charge in [0.25, 0.3) is 5.56 Å². The Morgan fingerprint density at radius 1 is 1.10 bits per heavy atom. The van der Waals surface area contributed by atoms with Crippen LogP contribution in [0.1, 0.15) is 52.5 Å². The molecule has 0 saturated carbocycles. The van der Waals surface area contributed by atoms with Gasteiger partial charge in [-0.2, -0.15) is 0 Å². The normalized spacial score (nSPS) is 13.7. The summed E-state index contributed by atoms with van der Waals surface area (Å²) in [5.74, 6) is 5.99. The average Bonchev–Trinajstić information content (AvgIpc) is 2.84. The molecule has 160 valence electrons. The van der Waals surface area contributed by atoms with Crippen molar-refractivity contribution in [2.45, 2.75) is 60.0 Å². The molecule has 0 spiro atoms. The molecule has 0 N–H and O–H groups in total. The first-order valence-corrected chi connectivity index (χ1v) is 10.4.